The monoisotopic (exact) mass is 396 g/mol. The van der Waals surface area contributed by atoms with Gasteiger partial charge in [-0.1, -0.05) is 30.4 Å². The van der Waals surface area contributed by atoms with Gasteiger partial charge in [0, 0.05) is 6.42 Å². The zero-order chi connectivity index (χ0) is 19.2. The Morgan fingerprint density at radius 1 is 1.26 bits per heavy atom. The number of nitrogens with zero attached hydrogens (tertiary/aromatic N) is 4. The van der Waals surface area contributed by atoms with E-state index in [0.717, 1.165) is 32.0 Å². The van der Waals surface area contributed by atoms with E-state index in [1.807, 2.05) is 6.92 Å². The molecule has 5 nitrogen and oxygen atoms in total. The molecule has 4 rings (SSSR count). The Balaban J connectivity index is 1.83. The third-order valence-electron chi connectivity index (χ3n) is 4.84. The summed E-state index contributed by atoms with van der Waals surface area (Å²) in [5.41, 5.74) is -0.168. The zero-order valence-electron chi connectivity index (χ0n) is 14.7. The fraction of sp³-hybridized carbons (Fsp3) is 0.444. The molecule has 1 saturated heterocycles. The van der Waals surface area contributed by atoms with E-state index in [-0.39, 0.29) is 5.88 Å². The first-order chi connectivity index (χ1) is 12.9. The summed E-state index contributed by atoms with van der Waals surface area (Å²) in [5, 5.41) is 15.0. The van der Waals surface area contributed by atoms with Crippen molar-refractivity contribution < 1.29 is 18.3 Å². The summed E-state index contributed by atoms with van der Waals surface area (Å²) in [6.45, 7) is 3.47. The van der Waals surface area contributed by atoms with Crippen LogP contribution in [0.4, 0.5) is 13.2 Å². The molecule has 3 heterocycles. The van der Waals surface area contributed by atoms with E-state index in [9.17, 15) is 18.3 Å². The quantitative estimate of drug-likeness (QED) is 0.716. The lowest BCUT2D eigenvalue weighted by molar-refractivity contribution is -0.137. The maximum absolute atomic E-state index is 13.2. The van der Waals surface area contributed by atoms with Gasteiger partial charge in [-0.3, -0.25) is 4.90 Å². The van der Waals surface area contributed by atoms with Crippen molar-refractivity contribution in [2.45, 2.75) is 38.4 Å². The van der Waals surface area contributed by atoms with Gasteiger partial charge in [-0.25, -0.2) is 4.98 Å². The van der Waals surface area contributed by atoms with Gasteiger partial charge in [0.15, 0.2) is 5.82 Å². The van der Waals surface area contributed by atoms with Gasteiger partial charge in [0.05, 0.1) is 16.5 Å². The smallest absolute Gasteiger partial charge is 0.416 e. The predicted molar refractivity (Wildman–Crippen MR) is 96.0 cm³/mol. The van der Waals surface area contributed by atoms with Crippen LogP contribution >= 0.6 is 11.3 Å². The van der Waals surface area contributed by atoms with Crippen LogP contribution in [0.25, 0.3) is 4.96 Å². The number of likely N-dealkylation sites (tertiary alicyclic amines) is 1. The first-order valence-electron chi connectivity index (χ1n) is 8.87. The molecular formula is C18H19F3N4OS. The maximum atomic E-state index is 13.2. The number of rotatable bonds is 4. The molecule has 0 bridgehead atoms. The van der Waals surface area contributed by atoms with Gasteiger partial charge >= 0.3 is 6.18 Å². The first-order valence-corrected chi connectivity index (χ1v) is 9.68. The molecule has 1 atom stereocenters. The van der Waals surface area contributed by atoms with E-state index in [0.29, 0.717) is 27.6 Å². The van der Waals surface area contributed by atoms with Crippen LogP contribution in [-0.2, 0) is 12.6 Å². The van der Waals surface area contributed by atoms with Crippen LogP contribution < -0.4 is 0 Å². The number of aromatic hydroxyl groups is 1. The Bertz CT molecular complexity index is 959. The van der Waals surface area contributed by atoms with E-state index in [1.165, 1.54) is 28.0 Å². The molecule has 0 radical (unpaired) electrons. The number of benzene rings is 1. The number of hydrogen-bond donors (Lipinski definition) is 1. The highest BCUT2D eigenvalue weighted by atomic mass is 32.1. The predicted octanol–water partition coefficient (Wildman–Crippen LogP) is 4.26. The lowest BCUT2D eigenvalue weighted by Crippen LogP contribution is -2.26. The van der Waals surface area contributed by atoms with Crippen LogP contribution in [0.5, 0.6) is 5.88 Å². The molecule has 0 saturated carbocycles. The molecule has 27 heavy (non-hydrogen) atoms. The topological polar surface area (TPSA) is 53.7 Å². The number of halogens is 3. The number of aryl methyl sites for hydroxylation is 1. The third-order valence-corrected chi connectivity index (χ3v) is 5.92. The van der Waals surface area contributed by atoms with Crippen LogP contribution in [-0.4, -0.2) is 37.7 Å². The average molecular weight is 396 g/mol. The zero-order valence-corrected chi connectivity index (χ0v) is 15.5. The van der Waals surface area contributed by atoms with Crippen molar-refractivity contribution in [1.29, 1.82) is 0 Å². The van der Waals surface area contributed by atoms with Crippen molar-refractivity contribution in [2.24, 2.45) is 0 Å². The number of fused-ring (bicyclic) bond motifs is 1. The van der Waals surface area contributed by atoms with Gasteiger partial charge in [-0.2, -0.15) is 17.7 Å². The summed E-state index contributed by atoms with van der Waals surface area (Å²) < 4.78 is 41.0. The highest BCUT2D eigenvalue weighted by molar-refractivity contribution is 7.17. The van der Waals surface area contributed by atoms with Gasteiger partial charge in [0.25, 0.3) is 0 Å². The Kier molecular flexibility index (Phi) is 4.59. The largest absolute Gasteiger partial charge is 0.492 e. The average Bonchev–Trinajstić information content (AvgIpc) is 3.35. The summed E-state index contributed by atoms with van der Waals surface area (Å²) in [6, 6.07) is 4.90. The Morgan fingerprint density at radius 3 is 2.63 bits per heavy atom. The molecule has 2 aromatic heterocycles. The molecule has 3 aromatic rings. The van der Waals surface area contributed by atoms with Crippen LogP contribution in [0, 0.1) is 0 Å². The summed E-state index contributed by atoms with van der Waals surface area (Å²) in [5.74, 6) is 0.580. The second kappa shape index (κ2) is 6.79. The molecule has 1 N–H and O–H groups in total. The van der Waals surface area contributed by atoms with Crippen LogP contribution in [0.2, 0.25) is 0 Å². The van der Waals surface area contributed by atoms with Crippen molar-refractivity contribution in [3.05, 3.63) is 46.1 Å². The Hall–Kier alpha value is -2.13. The van der Waals surface area contributed by atoms with E-state index in [2.05, 4.69) is 15.0 Å². The fourth-order valence-electron chi connectivity index (χ4n) is 3.53. The first kappa shape index (κ1) is 18.2. The van der Waals surface area contributed by atoms with E-state index in [4.69, 9.17) is 0 Å². The Morgan fingerprint density at radius 2 is 2.00 bits per heavy atom. The second-order valence-electron chi connectivity index (χ2n) is 6.63. The maximum Gasteiger partial charge on any atom is 0.416 e. The van der Waals surface area contributed by atoms with Gasteiger partial charge in [-0.05, 0) is 43.6 Å². The minimum atomic E-state index is -4.41. The van der Waals surface area contributed by atoms with Gasteiger partial charge in [-0.15, -0.1) is 5.10 Å². The molecule has 9 heteroatoms. The number of hydrogen-bond acceptors (Lipinski definition) is 5. The molecule has 1 aliphatic heterocycles. The van der Waals surface area contributed by atoms with Crippen LogP contribution in [0.1, 0.15) is 47.6 Å². The molecule has 1 aromatic carbocycles. The van der Waals surface area contributed by atoms with Gasteiger partial charge in [0.2, 0.25) is 10.8 Å². The van der Waals surface area contributed by atoms with Crippen LogP contribution in [0.15, 0.2) is 24.3 Å². The number of aromatic nitrogens is 3. The SMILES string of the molecule is CCc1nc2sc([C@@H](c3cccc(C(F)(F)F)c3)N3CCCC3)c(O)n2n1. The van der Waals surface area contributed by atoms with E-state index >= 15 is 0 Å². The lowest BCUT2D eigenvalue weighted by Gasteiger charge is -2.27. The molecule has 144 valence electrons. The lowest BCUT2D eigenvalue weighted by atomic mass is 10.0. The van der Waals surface area contributed by atoms with Crippen LogP contribution in [0.3, 0.4) is 0 Å². The normalized spacial score (nSPS) is 17.0. The third kappa shape index (κ3) is 3.29. The molecule has 0 amide bonds. The summed E-state index contributed by atoms with van der Waals surface area (Å²) in [7, 11) is 0. The minimum absolute atomic E-state index is 0.0449. The molecule has 0 unspecified atom stereocenters. The molecule has 0 spiro atoms. The van der Waals surface area contributed by atoms with Crippen molar-refractivity contribution in [2.75, 3.05) is 13.1 Å². The molecule has 1 aliphatic rings. The summed E-state index contributed by atoms with van der Waals surface area (Å²) >= 11 is 1.28. The van der Waals surface area contributed by atoms with E-state index < -0.39 is 17.8 Å². The van der Waals surface area contributed by atoms with Crippen molar-refractivity contribution in [3.8, 4) is 5.88 Å². The summed E-state index contributed by atoms with van der Waals surface area (Å²) in [4.78, 5) is 7.63. The van der Waals surface area contributed by atoms with Crippen molar-refractivity contribution >= 4 is 16.3 Å². The summed E-state index contributed by atoms with van der Waals surface area (Å²) in [6.07, 6.45) is -1.80. The van der Waals surface area contributed by atoms with Crippen molar-refractivity contribution in [1.82, 2.24) is 19.5 Å². The molecule has 1 fully saturated rings. The minimum Gasteiger partial charge on any atom is -0.492 e. The highest BCUT2D eigenvalue weighted by Crippen LogP contribution is 2.42. The molecular weight excluding hydrogens is 377 g/mol. The Labute approximate surface area is 158 Å². The van der Waals surface area contributed by atoms with Gasteiger partial charge < -0.3 is 5.11 Å². The number of alkyl halides is 3. The van der Waals surface area contributed by atoms with E-state index in [1.54, 1.807) is 6.07 Å². The standard InChI is InChI=1S/C18H19F3N4OS/c1-2-13-22-17-25(23-13)16(26)15(27-17)14(24-8-3-4-9-24)11-6-5-7-12(10-11)18(19,20)21/h5-7,10,14,26H,2-4,8-9H2,1H3/t14-/m1/s1. The number of thiazole rings is 1. The van der Waals surface area contributed by atoms with Crippen molar-refractivity contribution in [3.63, 3.8) is 0 Å². The second-order valence-corrected chi connectivity index (χ2v) is 7.64. The highest BCUT2D eigenvalue weighted by Gasteiger charge is 2.34. The fourth-order valence-corrected chi connectivity index (χ4v) is 4.67. The molecule has 0 aliphatic carbocycles. The van der Waals surface area contributed by atoms with Gasteiger partial charge in [0.1, 0.15) is 0 Å².